The number of carbonyl (C=O) groups is 7. The Bertz CT molecular complexity index is 2780. The highest BCUT2D eigenvalue weighted by atomic mass is 35.5. The summed E-state index contributed by atoms with van der Waals surface area (Å²) in [5, 5.41) is 32.3. The zero-order valence-corrected chi connectivity index (χ0v) is 46.9. The maximum absolute atomic E-state index is 14.4. The Labute approximate surface area is 459 Å². The molecule has 8 atom stereocenters. The second-order valence-electron chi connectivity index (χ2n) is 20.8. The minimum absolute atomic E-state index is 0.0117. The van der Waals surface area contributed by atoms with E-state index < -0.39 is 95.4 Å². The Morgan fingerprint density at radius 3 is 2.44 bits per heavy atom. The first kappa shape index (κ1) is 60.7. The summed E-state index contributed by atoms with van der Waals surface area (Å²) >= 11 is 6.82. The number of aryl methyl sites for hydroxylation is 1. The number of esters is 1. The molecule has 78 heavy (non-hydrogen) atoms. The number of halogens is 1. The van der Waals surface area contributed by atoms with E-state index in [2.05, 4.69) is 27.4 Å². The molecule has 6 bridgehead atoms. The number of alkyl carbamates (subject to hydrolysis) is 1. The number of methoxy groups -OCH3 is 2. The summed E-state index contributed by atoms with van der Waals surface area (Å²) in [5.41, 5.74) is 2.42. The molecule has 4 aliphatic rings. The highest BCUT2D eigenvalue weighted by molar-refractivity contribution is 6.35. The Morgan fingerprint density at radius 1 is 1.04 bits per heavy atom. The zero-order chi connectivity index (χ0) is 57.3. The molecule has 4 aliphatic heterocycles. The molecule has 1 aromatic heterocycles. The Balaban J connectivity index is 1.12. The second kappa shape index (κ2) is 25.9. The molecule has 2 fully saturated rings. The monoisotopic (exact) mass is 1110 g/mol. The van der Waals surface area contributed by atoms with E-state index in [1.165, 1.54) is 45.0 Å². The molecule has 0 aliphatic carbocycles. The van der Waals surface area contributed by atoms with Crippen LogP contribution in [0.1, 0.15) is 90.3 Å². The van der Waals surface area contributed by atoms with E-state index in [-0.39, 0.29) is 56.5 Å². The fraction of sp³-hybridized carbons (Fsp3) is 0.545. The highest BCUT2D eigenvalue weighted by Crippen LogP contribution is 2.50. The van der Waals surface area contributed by atoms with Crippen molar-refractivity contribution >= 4 is 69.9 Å². The summed E-state index contributed by atoms with van der Waals surface area (Å²) in [6.45, 7) is 7.55. The lowest BCUT2D eigenvalue weighted by Crippen LogP contribution is -2.72. The summed E-state index contributed by atoms with van der Waals surface area (Å²) in [4.78, 5) is 96.1. The normalized spacial score (nSPS) is 25.3. The van der Waals surface area contributed by atoms with Crippen molar-refractivity contribution in [2.24, 2.45) is 0 Å². The summed E-state index contributed by atoms with van der Waals surface area (Å²) < 4.78 is 31.7. The molecule has 6 N–H and O–H groups in total. The van der Waals surface area contributed by atoms with E-state index in [0.29, 0.717) is 30.9 Å². The third-order valence-corrected chi connectivity index (χ3v) is 15.2. The van der Waals surface area contributed by atoms with Crippen molar-refractivity contribution in [3.05, 3.63) is 82.5 Å². The van der Waals surface area contributed by atoms with Gasteiger partial charge in [-0.3, -0.25) is 34.7 Å². The quantitative estimate of drug-likeness (QED) is 0.0516. The van der Waals surface area contributed by atoms with Crippen LogP contribution in [-0.4, -0.2) is 163 Å². The summed E-state index contributed by atoms with van der Waals surface area (Å²) in [5.74, 6) is -3.73. The molecule has 0 radical (unpaired) electrons. The molecule has 0 spiro atoms. The van der Waals surface area contributed by atoms with Crippen molar-refractivity contribution in [3.63, 3.8) is 0 Å². The van der Waals surface area contributed by atoms with E-state index in [9.17, 15) is 43.8 Å². The van der Waals surface area contributed by atoms with Crippen LogP contribution in [-0.2, 0) is 67.2 Å². The molecule has 0 saturated carbocycles. The van der Waals surface area contributed by atoms with Crippen molar-refractivity contribution in [1.82, 2.24) is 35.9 Å². The van der Waals surface area contributed by atoms with Gasteiger partial charge in [-0.2, -0.15) is 0 Å². The first-order chi connectivity index (χ1) is 36.8. The molecule has 5 heterocycles. The number of likely N-dealkylation sites (N-methyl/N-ethyl adjacent to an activating group) is 1. The van der Waals surface area contributed by atoms with Gasteiger partial charge in [0.15, 0.2) is 5.72 Å². The average molecular weight is 1110 g/mol. The summed E-state index contributed by atoms with van der Waals surface area (Å²) in [7, 11) is 9.51. The Hall–Kier alpha value is -6.56. The molecule has 1 unspecified atom stereocenters. The molecule has 2 aromatic carbocycles. The Kier molecular flexibility index (Phi) is 20.2. The van der Waals surface area contributed by atoms with Crippen molar-refractivity contribution in [2.45, 2.75) is 146 Å². The summed E-state index contributed by atoms with van der Waals surface area (Å²) in [6, 6.07) is 11.0. The minimum atomic E-state index is -1.92. The number of aromatic nitrogens is 1. The van der Waals surface area contributed by atoms with Crippen molar-refractivity contribution in [2.75, 3.05) is 53.9 Å². The van der Waals surface area contributed by atoms with Crippen LogP contribution in [0.4, 0.5) is 10.5 Å². The van der Waals surface area contributed by atoms with E-state index >= 15 is 0 Å². The van der Waals surface area contributed by atoms with Crippen molar-refractivity contribution < 1.29 is 67.5 Å². The molecule has 3 aromatic rings. The number of para-hydroxylation sites is 1. The number of benzene rings is 2. The standard InChI is InChI=1S/C55H75ClN8O14/c1-33-15-13-18-42(75-10)55(73)30-44(77-52(72)60-55)54(4)32-53(3,78-54)43(29-47(67)63(8)40-26-35(25-33)27-41(74-9)49(40)56)76-51(71)34(2)62(7)46(66)19-14-23-58-50(70)38(20-21-48(68)69)59-45(65)22-24-64-37(31-61(6)57-5)28-36-16-11-12-17-39(36)64/h11-13,15-18,26-28,34,38,42-44,57,73H,14,19-25,29-32H2,1-10H3,(H,58,70)(H,59,65)(H,60,72)(H,68,69)/b18-13+,33-15+/t34-,38-,42+,43-,44-,53+,54?,55-/m0/s1. The predicted molar refractivity (Wildman–Crippen MR) is 289 cm³/mol. The molecule has 2 saturated heterocycles. The molecular formula is C55H75ClN8O14. The van der Waals surface area contributed by atoms with Crippen LogP contribution in [0.3, 0.4) is 0 Å². The van der Waals surface area contributed by atoms with Crippen molar-refractivity contribution in [1.29, 1.82) is 0 Å². The number of aliphatic carboxylic acids is 1. The number of anilines is 1. The molecule has 7 rings (SSSR count). The SMILES string of the molecule is CNN(C)Cc1cc2ccccc2n1CCC(=O)N[C@@H](CCC(=O)O)C(=O)NCCCC(=O)N(C)[C@@H](C)C(=O)O[C@H]1CC(=O)N(C)c2cc(cc(OC)c2Cl)C/C(C)=C/C=C/[C@@H](OC)[C@@]2(O)C[C@H](OC(=O)N2)C2(C)C[C@@]1(C)O2. The van der Waals surface area contributed by atoms with Crippen LogP contribution in [0.5, 0.6) is 5.75 Å². The lowest BCUT2D eigenvalue weighted by Gasteiger charge is -2.59. The third kappa shape index (κ3) is 14.6. The number of aliphatic hydroxyl groups is 1. The first-order valence-electron chi connectivity index (χ1n) is 26.0. The van der Waals surface area contributed by atoms with E-state index in [1.54, 1.807) is 38.1 Å². The molecule has 426 valence electrons. The van der Waals surface area contributed by atoms with E-state index in [0.717, 1.165) is 27.7 Å². The number of allylic oxidation sites excluding steroid dienone is 3. The molecule has 22 nitrogen and oxygen atoms in total. The van der Waals surface area contributed by atoms with Crippen LogP contribution >= 0.6 is 11.6 Å². The summed E-state index contributed by atoms with van der Waals surface area (Å²) in [6.07, 6.45) is 0.313. The lowest BCUT2D eigenvalue weighted by molar-refractivity contribution is -0.328. The maximum Gasteiger partial charge on any atom is 0.409 e. The number of ether oxygens (including phenoxy) is 5. The number of carboxylic acid groups (broad SMARTS) is 1. The van der Waals surface area contributed by atoms with Crippen LogP contribution in [0.2, 0.25) is 5.02 Å². The molecule has 23 heteroatoms. The smallest absolute Gasteiger partial charge is 0.409 e. The van der Waals surface area contributed by atoms with Gasteiger partial charge < -0.3 is 58.9 Å². The lowest BCUT2D eigenvalue weighted by atomic mass is 9.72. The number of carboxylic acids is 1. The number of rotatable bonds is 20. The van der Waals surface area contributed by atoms with Crippen LogP contribution in [0.25, 0.3) is 10.9 Å². The first-order valence-corrected chi connectivity index (χ1v) is 26.3. The van der Waals surface area contributed by atoms with Crippen molar-refractivity contribution in [3.8, 4) is 5.75 Å². The number of nitrogens with one attached hydrogen (secondary N) is 4. The van der Waals surface area contributed by atoms with Gasteiger partial charge in [-0.25, -0.2) is 14.6 Å². The number of amides is 5. The van der Waals surface area contributed by atoms with Gasteiger partial charge in [0.2, 0.25) is 23.6 Å². The largest absolute Gasteiger partial charge is 0.495 e. The van der Waals surface area contributed by atoms with E-state index in [4.69, 9.17) is 35.3 Å². The van der Waals surface area contributed by atoms with Gasteiger partial charge in [0, 0.05) is 84.7 Å². The number of fused-ring (bicyclic) bond motifs is 7. The fourth-order valence-corrected chi connectivity index (χ4v) is 10.6. The van der Waals surface area contributed by atoms with Crippen LogP contribution in [0, 0.1) is 0 Å². The Morgan fingerprint density at radius 2 is 1.76 bits per heavy atom. The predicted octanol–water partition coefficient (Wildman–Crippen LogP) is 4.52. The van der Waals surface area contributed by atoms with E-state index in [1.807, 2.05) is 60.9 Å². The minimum Gasteiger partial charge on any atom is -0.495 e. The number of carbonyl (C=O) groups excluding carboxylic acids is 6. The maximum atomic E-state index is 14.4. The number of hydrazine groups is 1. The molecular weight excluding hydrogens is 1030 g/mol. The fourth-order valence-electron chi connectivity index (χ4n) is 10.3. The zero-order valence-electron chi connectivity index (χ0n) is 46.1. The van der Waals surface area contributed by atoms with Crippen LogP contribution in [0.15, 0.2) is 66.3 Å². The number of nitrogens with zero attached hydrogens (tertiary/aromatic N) is 4. The van der Waals surface area contributed by atoms with Gasteiger partial charge in [0.05, 0.1) is 25.8 Å². The average Bonchev–Trinajstić information content (AvgIpc) is 3.81. The van der Waals surface area contributed by atoms with Gasteiger partial charge in [0.25, 0.3) is 0 Å². The molecule has 5 amide bonds. The number of hydrogen-bond acceptors (Lipinski definition) is 15. The van der Waals surface area contributed by atoms with Gasteiger partial charge >= 0.3 is 18.0 Å². The topological polar surface area (TPSA) is 269 Å². The van der Waals surface area contributed by atoms with Gasteiger partial charge in [-0.05, 0) is 89.2 Å². The van der Waals surface area contributed by atoms with Gasteiger partial charge in [-0.15, -0.1) is 0 Å². The third-order valence-electron chi connectivity index (χ3n) is 14.8. The number of hydrogen-bond donors (Lipinski definition) is 6. The second-order valence-corrected chi connectivity index (χ2v) is 21.2. The van der Waals surface area contributed by atoms with Gasteiger partial charge in [0.1, 0.15) is 52.4 Å². The van der Waals surface area contributed by atoms with Gasteiger partial charge in [-0.1, -0.05) is 53.6 Å². The highest BCUT2D eigenvalue weighted by Gasteiger charge is 2.63. The van der Waals surface area contributed by atoms with Crippen LogP contribution < -0.4 is 31.0 Å².